The van der Waals surface area contributed by atoms with Crippen molar-refractivity contribution in [3.8, 4) is 17.6 Å². The van der Waals surface area contributed by atoms with Gasteiger partial charge in [0.2, 0.25) is 0 Å². The Hall–Kier alpha value is -4.40. The summed E-state index contributed by atoms with van der Waals surface area (Å²) in [6, 6.07) is 12.7. The lowest BCUT2D eigenvalue weighted by Crippen LogP contribution is -2.34. The van der Waals surface area contributed by atoms with E-state index in [1.807, 2.05) is 6.07 Å². The van der Waals surface area contributed by atoms with E-state index in [1.165, 1.54) is 43.1 Å². The number of nitrogens with one attached hydrogen (secondary N) is 1. The van der Waals surface area contributed by atoms with Gasteiger partial charge in [0, 0.05) is 31.5 Å². The van der Waals surface area contributed by atoms with Gasteiger partial charge in [-0.3, -0.25) is 14.2 Å². The molecule has 2 N–H and O–H groups in total. The van der Waals surface area contributed by atoms with Gasteiger partial charge in [0.05, 0.1) is 24.3 Å². The van der Waals surface area contributed by atoms with Crippen molar-refractivity contribution in [2.45, 2.75) is 13.0 Å². The van der Waals surface area contributed by atoms with Crippen molar-refractivity contribution in [3.05, 3.63) is 73.1 Å². The third kappa shape index (κ3) is 6.24. The van der Waals surface area contributed by atoms with Crippen LogP contribution >= 0.6 is 11.3 Å². The highest BCUT2D eigenvalue weighted by molar-refractivity contribution is 7.07. The molecule has 10 nitrogen and oxygen atoms in total. The minimum atomic E-state index is -1.10. The number of hydrogen-bond acceptors (Lipinski definition) is 8. The van der Waals surface area contributed by atoms with Crippen molar-refractivity contribution in [2.24, 2.45) is 0 Å². The fourth-order valence-electron chi connectivity index (χ4n) is 3.53. The van der Waals surface area contributed by atoms with Crippen molar-refractivity contribution in [1.82, 2.24) is 4.57 Å². The van der Waals surface area contributed by atoms with E-state index in [9.17, 15) is 19.6 Å². The van der Waals surface area contributed by atoms with Crippen LogP contribution in [0.1, 0.15) is 22.3 Å². The Morgan fingerprint density at radius 3 is 2.46 bits per heavy atom. The fraction of sp³-hybridized carbons (Fsp3) is 0.231. The number of ether oxygens (including phenoxy) is 3. The maximum Gasteiger partial charge on any atom is 0.335 e. The molecule has 2 aromatic carbocycles. The Kier molecular flexibility index (Phi) is 9.21. The third-order valence-corrected chi connectivity index (χ3v) is 6.43. The number of thiazole rings is 1. The lowest BCUT2D eigenvalue weighted by atomic mass is 10.2. The number of carbonyl (C=O) groups is 2. The summed E-state index contributed by atoms with van der Waals surface area (Å²) in [5.74, 6) is -0.890. The summed E-state index contributed by atoms with van der Waals surface area (Å²) < 4.78 is 17.8. The number of aromatic carboxylic acids is 1. The van der Waals surface area contributed by atoms with E-state index < -0.39 is 11.9 Å². The first-order valence-corrected chi connectivity index (χ1v) is 11.9. The molecule has 0 atom stereocenters. The Labute approximate surface area is 216 Å². The number of para-hydroxylation sites is 1. The molecule has 1 aromatic heterocycles. The van der Waals surface area contributed by atoms with Crippen molar-refractivity contribution in [2.75, 3.05) is 33.3 Å². The Morgan fingerprint density at radius 1 is 1.14 bits per heavy atom. The molecule has 0 saturated carbocycles. The zero-order chi connectivity index (χ0) is 26.9. The minimum absolute atomic E-state index is 0.0564. The second kappa shape index (κ2) is 12.5. The molecule has 11 heteroatoms. The van der Waals surface area contributed by atoms with Crippen molar-refractivity contribution in [3.63, 3.8) is 0 Å². The Bertz CT molecular complexity index is 1520. The predicted molar refractivity (Wildman–Crippen MR) is 138 cm³/mol. The molecule has 3 rings (SSSR count). The second-order valence-corrected chi connectivity index (χ2v) is 8.66. The van der Waals surface area contributed by atoms with E-state index in [0.717, 1.165) is 11.3 Å². The van der Waals surface area contributed by atoms with Crippen LogP contribution < -0.4 is 29.5 Å². The summed E-state index contributed by atoms with van der Waals surface area (Å²) in [4.78, 5) is 37.5. The van der Waals surface area contributed by atoms with Crippen LogP contribution in [0.3, 0.4) is 0 Å². The molecule has 3 aromatic rings. The van der Waals surface area contributed by atoms with Gasteiger partial charge in [0.1, 0.15) is 10.7 Å². The van der Waals surface area contributed by atoms with E-state index in [1.54, 1.807) is 31.4 Å². The highest BCUT2D eigenvalue weighted by Gasteiger charge is 2.17. The van der Waals surface area contributed by atoms with E-state index >= 15 is 0 Å². The van der Waals surface area contributed by atoms with Crippen molar-refractivity contribution >= 4 is 40.5 Å². The number of benzene rings is 2. The molecule has 192 valence electrons. The molecular formula is C26H25N3O7S. The standard InChI is InChI=1S/C26H25N3O7S/c1-34-13-5-12-29-24(31)21(14-17-6-4-7-20(35-2)22(17)36-3)37-25(29)19(15-27)23(30)28-18-10-8-16(9-11-18)26(32)33/h4,6-11,14H,5,12-13H2,1-3H3,(H,28,30)(H,32,33). The van der Waals surface area contributed by atoms with Crippen molar-refractivity contribution < 1.29 is 28.9 Å². The van der Waals surface area contributed by atoms with Gasteiger partial charge in [-0.2, -0.15) is 5.26 Å². The number of nitriles is 1. The maximum atomic E-state index is 13.4. The molecule has 0 radical (unpaired) electrons. The van der Waals surface area contributed by atoms with Gasteiger partial charge in [-0.05, 0) is 42.8 Å². The Morgan fingerprint density at radius 2 is 1.86 bits per heavy atom. The van der Waals surface area contributed by atoms with Gasteiger partial charge in [0.25, 0.3) is 11.5 Å². The molecule has 0 aliphatic carbocycles. The summed E-state index contributed by atoms with van der Waals surface area (Å²) in [5, 5.41) is 21.5. The molecule has 0 spiro atoms. The molecular weight excluding hydrogens is 498 g/mol. The molecule has 37 heavy (non-hydrogen) atoms. The average Bonchev–Trinajstić information content (AvgIpc) is 3.19. The van der Waals surface area contributed by atoms with Gasteiger partial charge in [-0.1, -0.05) is 12.1 Å². The van der Waals surface area contributed by atoms with Crippen LogP contribution in [0.2, 0.25) is 0 Å². The summed E-state index contributed by atoms with van der Waals surface area (Å²) in [6.45, 7) is 0.613. The van der Waals surface area contributed by atoms with Gasteiger partial charge in [-0.25, -0.2) is 4.79 Å². The third-order valence-electron chi connectivity index (χ3n) is 5.30. The smallest absolute Gasteiger partial charge is 0.335 e. The second-order valence-electron chi connectivity index (χ2n) is 7.63. The summed E-state index contributed by atoms with van der Waals surface area (Å²) in [6.07, 6.45) is 2.11. The lowest BCUT2D eigenvalue weighted by molar-refractivity contribution is -0.111. The predicted octanol–water partition coefficient (Wildman–Crippen LogP) is 1.80. The first-order valence-electron chi connectivity index (χ1n) is 11.0. The van der Waals surface area contributed by atoms with Crippen LogP contribution in [-0.4, -0.2) is 49.5 Å². The van der Waals surface area contributed by atoms with E-state index in [0.29, 0.717) is 40.3 Å². The number of anilines is 1. The highest BCUT2D eigenvalue weighted by atomic mass is 32.1. The van der Waals surface area contributed by atoms with E-state index in [4.69, 9.17) is 19.3 Å². The van der Waals surface area contributed by atoms with Crippen LogP contribution in [0.5, 0.6) is 11.5 Å². The van der Waals surface area contributed by atoms with Crippen LogP contribution in [-0.2, 0) is 16.1 Å². The first kappa shape index (κ1) is 27.2. The molecule has 0 bridgehead atoms. The number of rotatable bonds is 10. The summed E-state index contributed by atoms with van der Waals surface area (Å²) >= 11 is 1.01. The van der Waals surface area contributed by atoms with Crippen LogP contribution in [0.4, 0.5) is 5.69 Å². The number of carbonyl (C=O) groups excluding carboxylic acids is 1. The van der Waals surface area contributed by atoms with Crippen LogP contribution in [0, 0.1) is 11.3 Å². The molecule has 0 aliphatic heterocycles. The maximum absolute atomic E-state index is 13.4. The highest BCUT2D eigenvalue weighted by Crippen LogP contribution is 2.30. The molecule has 0 saturated heterocycles. The molecule has 1 heterocycles. The zero-order valence-corrected chi connectivity index (χ0v) is 21.3. The number of carboxylic acid groups (broad SMARTS) is 1. The fourth-order valence-corrected chi connectivity index (χ4v) is 4.64. The normalized spacial score (nSPS) is 12.0. The van der Waals surface area contributed by atoms with E-state index in [-0.39, 0.29) is 27.9 Å². The van der Waals surface area contributed by atoms with Gasteiger partial charge >= 0.3 is 5.97 Å². The number of hydrogen-bond donors (Lipinski definition) is 2. The van der Waals surface area contributed by atoms with Gasteiger partial charge in [0.15, 0.2) is 17.1 Å². The number of nitrogens with zero attached hydrogens (tertiary/aromatic N) is 2. The van der Waals surface area contributed by atoms with Gasteiger partial charge in [-0.15, -0.1) is 11.3 Å². The number of aromatic nitrogens is 1. The lowest BCUT2D eigenvalue weighted by Gasteiger charge is -2.09. The molecule has 1 amide bonds. The monoisotopic (exact) mass is 523 g/mol. The molecule has 0 unspecified atom stereocenters. The number of carboxylic acids is 1. The van der Waals surface area contributed by atoms with Crippen LogP contribution in [0.15, 0.2) is 47.3 Å². The molecule has 0 fully saturated rings. The SMILES string of the molecule is COCCCn1c(=C(C#N)C(=O)Nc2ccc(C(=O)O)cc2)sc(=Cc2cccc(OC)c2OC)c1=O. The first-order chi connectivity index (χ1) is 17.8. The van der Waals surface area contributed by atoms with Gasteiger partial charge < -0.3 is 24.6 Å². The zero-order valence-electron chi connectivity index (χ0n) is 20.4. The average molecular weight is 524 g/mol. The topological polar surface area (TPSA) is 140 Å². The number of amides is 1. The summed E-state index contributed by atoms with van der Waals surface area (Å²) in [7, 11) is 4.55. The van der Waals surface area contributed by atoms with Crippen molar-refractivity contribution in [1.29, 1.82) is 5.26 Å². The minimum Gasteiger partial charge on any atom is -0.493 e. The van der Waals surface area contributed by atoms with E-state index in [2.05, 4.69) is 5.32 Å². The molecule has 0 aliphatic rings. The van der Waals surface area contributed by atoms with Crippen LogP contribution in [0.25, 0.3) is 11.6 Å². The number of methoxy groups -OCH3 is 3. The quantitative estimate of drug-likeness (QED) is 0.384. The summed E-state index contributed by atoms with van der Waals surface area (Å²) in [5.41, 5.74) is 0.338. The Balaban J connectivity index is 2.15. The largest absolute Gasteiger partial charge is 0.493 e.